The van der Waals surface area contributed by atoms with E-state index in [0.29, 0.717) is 19.3 Å². The molecule has 0 fully saturated rings. The fourth-order valence-corrected chi connectivity index (χ4v) is 7.22. The lowest BCUT2D eigenvalue weighted by Crippen LogP contribution is -2.30. The lowest BCUT2D eigenvalue weighted by Gasteiger charge is -2.18. The molecule has 0 N–H and O–H groups in total. The van der Waals surface area contributed by atoms with Gasteiger partial charge in [0.15, 0.2) is 6.10 Å². The Labute approximate surface area is 365 Å². The Bertz CT molecular complexity index is 1000. The second-order valence-corrected chi connectivity index (χ2v) is 17.1. The predicted octanol–water partition coefficient (Wildman–Crippen LogP) is 16.5. The van der Waals surface area contributed by atoms with Crippen molar-refractivity contribution in [2.45, 2.75) is 271 Å². The van der Waals surface area contributed by atoms with Gasteiger partial charge in [-0.25, -0.2) is 0 Å². The van der Waals surface area contributed by atoms with Gasteiger partial charge in [0.2, 0.25) is 0 Å². The molecule has 59 heavy (non-hydrogen) atoms. The van der Waals surface area contributed by atoms with Gasteiger partial charge in [0.05, 0.1) is 0 Å². The standard InChI is InChI=1S/C53H96O6/c1-4-7-10-13-16-19-22-23-24-25-26-27-28-29-32-34-37-40-43-46-52(55)58-49-50(59-53(56)47-44-41-38-35-31-21-18-15-12-9-6-3)48-57-51(54)45-42-39-36-33-30-20-17-14-11-8-5-2/h14,16-17,19,23-24,50H,4-13,15,18,20-22,25-49H2,1-3H3/b17-14-,19-16-,24-23-/t50-/m0/s1. The second-order valence-electron chi connectivity index (χ2n) is 17.1. The highest BCUT2D eigenvalue weighted by Gasteiger charge is 2.19. The van der Waals surface area contributed by atoms with Crippen LogP contribution in [0.15, 0.2) is 36.5 Å². The zero-order chi connectivity index (χ0) is 43.0. The molecule has 344 valence electrons. The van der Waals surface area contributed by atoms with Crippen molar-refractivity contribution in [1.82, 2.24) is 0 Å². The van der Waals surface area contributed by atoms with Crippen LogP contribution in [-0.4, -0.2) is 37.2 Å². The van der Waals surface area contributed by atoms with Crippen LogP contribution in [0.2, 0.25) is 0 Å². The molecular weight excluding hydrogens is 733 g/mol. The molecule has 0 aliphatic carbocycles. The molecule has 0 heterocycles. The van der Waals surface area contributed by atoms with Gasteiger partial charge in [0, 0.05) is 19.3 Å². The van der Waals surface area contributed by atoms with Crippen molar-refractivity contribution in [3.8, 4) is 0 Å². The smallest absolute Gasteiger partial charge is 0.306 e. The van der Waals surface area contributed by atoms with Gasteiger partial charge in [-0.2, -0.15) is 0 Å². The summed E-state index contributed by atoms with van der Waals surface area (Å²) in [4.78, 5) is 37.9. The molecule has 0 aromatic heterocycles. The third-order valence-electron chi connectivity index (χ3n) is 11.1. The Balaban J connectivity index is 4.29. The molecule has 6 nitrogen and oxygen atoms in total. The molecule has 0 unspecified atom stereocenters. The van der Waals surface area contributed by atoms with Crippen molar-refractivity contribution < 1.29 is 28.6 Å². The van der Waals surface area contributed by atoms with Crippen molar-refractivity contribution >= 4 is 17.9 Å². The zero-order valence-electron chi connectivity index (χ0n) is 39.3. The van der Waals surface area contributed by atoms with E-state index >= 15 is 0 Å². The Morgan fingerprint density at radius 1 is 0.339 bits per heavy atom. The first-order chi connectivity index (χ1) is 29.0. The number of hydrogen-bond donors (Lipinski definition) is 0. The van der Waals surface area contributed by atoms with E-state index in [9.17, 15) is 14.4 Å². The summed E-state index contributed by atoms with van der Waals surface area (Å²) in [6.07, 6.45) is 55.5. The first kappa shape index (κ1) is 56.6. The van der Waals surface area contributed by atoms with E-state index in [1.54, 1.807) is 0 Å². The molecule has 0 aromatic carbocycles. The van der Waals surface area contributed by atoms with Crippen LogP contribution in [0, 0.1) is 0 Å². The molecular formula is C53H96O6. The van der Waals surface area contributed by atoms with Crippen molar-refractivity contribution in [2.75, 3.05) is 13.2 Å². The van der Waals surface area contributed by atoms with Crippen molar-refractivity contribution in [2.24, 2.45) is 0 Å². The topological polar surface area (TPSA) is 78.9 Å². The molecule has 0 aromatic rings. The largest absolute Gasteiger partial charge is 0.462 e. The molecule has 0 aliphatic rings. The number of esters is 3. The molecule has 0 bridgehead atoms. The number of carbonyl (C=O) groups excluding carboxylic acids is 3. The minimum atomic E-state index is -0.772. The third kappa shape index (κ3) is 46.5. The van der Waals surface area contributed by atoms with Gasteiger partial charge in [-0.3, -0.25) is 14.4 Å². The van der Waals surface area contributed by atoms with Gasteiger partial charge in [-0.1, -0.05) is 211 Å². The van der Waals surface area contributed by atoms with Crippen LogP contribution in [0.1, 0.15) is 265 Å². The average molecular weight is 829 g/mol. The first-order valence-corrected chi connectivity index (χ1v) is 25.5. The maximum Gasteiger partial charge on any atom is 0.306 e. The Morgan fingerprint density at radius 3 is 1.03 bits per heavy atom. The molecule has 0 spiro atoms. The normalized spacial score (nSPS) is 12.3. The summed E-state index contributed by atoms with van der Waals surface area (Å²) in [7, 11) is 0. The van der Waals surface area contributed by atoms with Gasteiger partial charge in [0.1, 0.15) is 13.2 Å². The molecule has 0 radical (unpaired) electrons. The molecule has 6 heteroatoms. The summed E-state index contributed by atoms with van der Waals surface area (Å²) >= 11 is 0. The summed E-state index contributed by atoms with van der Waals surface area (Å²) in [6.45, 7) is 6.57. The first-order valence-electron chi connectivity index (χ1n) is 25.5. The highest BCUT2D eigenvalue weighted by atomic mass is 16.6. The molecule has 0 aliphatic heterocycles. The van der Waals surface area contributed by atoms with Crippen LogP contribution in [0.25, 0.3) is 0 Å². The summed E-state index contributed by atoms with van der Waals surface area (Å²) in [5.74, 6) is -0.881. The van der Waals surface area contributed by atoms with Crippen molar-refractivity contribution in [1.29, 1.82) is 0 Å². The lowest BCUT2D eigenvalue weighted by molar-refractivity contribution is -0.167. The molecule has 1 atom stereocenters. The number of carbonyl (C=O) groups is 3. The SMILES string of the molecule is CCCC/C=C\CCCCCCCC(=O)OC[C@@H](COC(=O)CCCCCCCCCCC/C=C\C/C=C\CCCCC)OC(=O)CCCCCCCCCCCCC. The average Bonchev–Trinajstić information content (AvgIpc) is 3.23. The summed E-state index contributed by atoms with van der Waals surface area (Å²) in [5, 5.41) is 0. The van der Waals surface area contributed by atoms with Crippen LogP contribution in [-0.2, 0) is 28.6 Å². The summed E-state index contributed by atoms with van der Waals surface area (Å²) in [6, 6.07) is 0. The number of unbranched alkanes of at least 4 members (excludes halogenated alkanes) is 29. The minimum Gasteiger partial charge on any atom is -0.462 e. The number of allylic oxidation sites excluding steroid dienone is 6. The fourth-order valence-electron chi connectivity index (χ4n) is 7.22. The molecule has 0 rings (SSSR count). The number of hydrogen-bond acceptors (Lipinski definition) is 6. The second kappa shape index (κ2) is 48.3. The minimum absolute atomic E-state index is 0.0744. The summed E-state index contributed by atoms with van der Waals surface area (Å²) < 4.78 is 16.8. The monoisotopic (exact) mass is 829 g/mol. The Kier molecular flexibility index (Phi) is 46.4. The number of ether oxygens (including phenoxy) is 3. The maximum atomic E-state index is 12.7. The highest BCUT2D eigenvalue weighted by Crippen LogP contribution is 2.15. The van der Waals surface area contributed by atoms with Gasteiger partial charge in [0.25, 0.3) is 0 Å². The number of rotatable bonds is 46. The van der Waals surface area contributed by atoms with Gasteiger partial charge >= 0.3 is 17.9 Å². The van der Waals surface area contributed by atoms with E-state index in [1.807, 2.05) is 0 Å². The Hall–Kier alpha value is -2.37. The third-order valence-corrected chi connectivity index (χ3v) is 11.1. The van der Waals surface area contributed by atoms with Crippen molar-refractivity contribution in [3.63, 3.8) is 0 Å². The van der Waals surface area contributed by atoms with E-state index in [2.05, 4.69) is 57.2 Å². The van der Waals surface area contributed by atoms with Crippen LogP contribution in [0.3, 0.4) is 0 Å². The van der Waals surface area contributed by atoms with E-state index in [1.165, 1.54) is 154 Å². The Morgan fingerprint density at radius 2 is 0.627 bits per heavy atom. The summed E-state index contributed by atoms with van der Waals surface area (Å²) in [5.41, 5.74) is 0. The van der Waals surface area contributed by atoms with Gasteiger partial charge in [-0.15, -0.1) is 0 Å². The quantitative estimate of drug-likeness (QED) is 0.0263. The van der Waals surface area contributed by atoms with Gasteiger partial charge in [-0.05, 0) is 70.6 Å². The van der Waals surface area contributed by atoms with Crippen molar-refractivity contribution in [3.05, 3.63) is 36.5 Å². The van der Waals surface area contributed by atoms with E-state index in [-0.39, 0.29) is 31.1 Å². The maximum absolute atomic E-state index is 12.7. The van der Waals surface area contributed by atoms with E-state index in [0.717, 1.165) is 70.6 Å². The van der Waals surface area contributed by atoms with Crippen LogP contribution >= 0.6 is 0 Å². The van der Waals surface area contributed by atoms with Crippen LogP contribution < -0.4 is 0 Å². The highest BCUT2D eigenvalue weighted by molar-refractivity contribution is 5.71. The fraction of sp³-hybridized carbons (Fsp3) is 0.830. The van der Waals surface area contributed by atoms with Crippen LogP contribution in [0.5, 0.6) is 0 Å². The predicted molar refractivity (Wildman–Crippen MR) is 252 cm³/mol. The molecule has 0 amide bonds. The zero-order valence-corrected chi connectivity index (χ0v) is 39.3. The lowest BCUT2D eigenvalue weighted by atomic mass is 10.1. The molecule has 0 saturated carbocycles. The van der Waals surface area contributed by atoms with E-state index in [4.69, 9.17) is 14.2 Å². The van der Waals surface area contributed by atoms with Gasteiger partial charge < -0.3 is 14.2 Å². The van der Waals surface area contributed by atoms with Crippen LogP contribution in [0.4, 0.5) is 0 Å². The molecule has 0 saturated heterocycles. The van der Waals surface area contributed by atoms with E-state index < -0.39 is 6.10 Å².